The van der Waals surface area contributed by atoms with E-state index in [1.54, 1.807) is 48.9 Å². The molecule has 0 radical (unpaired) electrons. The molecule has 0 spiro atoms. The average Bonchev–Trinajstić information content (AvgIpc) is 2.81. The zero-order valence-corrected chi connectivity index (χ0v) is 17.2. The summed E-state index contributed by atoms with van der Waals surface area (Å²) < 4.78 is 5.38. The number of aromatic nitrogens is 2. The fraction of sp³-hybridized carbons (Fsp3) is 0.217. The highest BCUT2D eigenvalue weighted by Crippen LogP contribution is 2.20. The van der Waals surface area contributed by atoms with Crippen molar-refractivity contribution in [3.8, 4) is 0 Å². The third kappa shape index (κ3) is 5.04. The summed E-state index contributed by atoms with van der Waals surface area (Å²) in [5.41, 5.74) is 3.75. The first-order valence-corrected chi connectivity index (χ1v) is 10.0. The van der Waals surface area contributed by atoms with Gasteiger partial charge >= 0.3 is 0 Å². The largest absolute Gasteiger partial charge is 0.378 e. The van der Waals surface area contributed by atoms with Crippen LogP contribution in [0.15, 0.2) is 61.2 Å². The lowest BCUT2D eigenvalue weighted by Crippen LogP contribution is -2.36. The first-order chi connectivity index (χ1) is 15.1. The number of morpholine rings is 1. The SMILES string of the molecule is Cc1ccc(NC(=O)c2cncc(N3CCOCC3)c2)cc1C(=O)Nc1cccnc1. The third-order valence-corrected chi connectivity index (χ3v) is 5.02. The minimum Gasteiger partial charge on any atom is -0.378 e. The summed E-state index contributed by atoms with van der Waals surface area (Å²) in [5, 5.41) is 5.68. The Morgan fingerprint density at radius 3 is 2.52 bits per heavy atom. The van der Waals surface area contributed by atoms with Gasteiger partial charge in [-0.1, -0.05) is 6.07 Å². The molecule has 1 aliphatic heterocycles. The average molecular weight is 417 g/mol. The van der Waals surface area contributed by atoms with Crippen molar-refractivity contribution in [2.45, 2.75) is 6.92 Å². The molecular weight excluding hydrogens is 394 g/mol. The van der Waals surface area contributed by atoms with Crippen LogP contribution in [0.5, 0.6) is 0 Å². The van der Waals surface area contributed by atoms with E-state index < -0.39 is 0 Å². The lowest BCUT2D eigenvalue weighted by Gasteiger charge is -2.28. The van der Waals surface area contributed by atoms with Gasteiger partial charge in [-0.15, -0.1) is 0 Å². The van der Waals surface area contributed by atoms with Crippen molar-refractivity contribution >= 4 is 28.9 Å². The van der Waals surface area contributed by atoms with Gasteiger partial charge < -0.3 is 20.3 Å². The molecular formula is C23H23N5O3. The van der Waals surface area contributed by atoms with Crippen LogP contribution in [0.3, 0.4) is 0 Å². The number of aryl methyl sites for hydroxylation is 1. The zero-order valence-electron chi connectivity index (χ0n) is 17.2. The fourth-order valence-corrected chi connectivity index (χ4v) is 3.33. The van der Waals surface area contributed by atoms with Gasteiger partial charge in [0.2, 0.25) is 0 Å². The summed E-state index contributed by atoms with van der Waals surface area (Å²) in [6, 6.07) is 10.6. The van der Waals surface area contributed by atoms with Crippen molar-refractivity contribution in [1.82, 2.24) is 9.97 Å². The van der Waals surface area contributed by atoms with Crippen molar-refractivity contribution in [2.24, 2.45) is 0 Å². The minimum absolute atomic E-state index is 0.266. The number of rotatable bonds is 5. The molecule has 1 aliphatic rings. The first kappa shape index (κ1) is 20.5. The van der Waals surface area contributed by atoms with Crippen molar-refractivity contribution in [2.75, 3.05) is 41.8 Å². The molecule has 0 atom stereocenters. The number of nitrogens with one attached hydrogen (secondary N) is 2. The van der Waals surface area contributed by atoms with Crippen molar-refractivity contribution in [1.29, 1.82) is 0 Å². The van der Waals surface area contributed by atoms with Gasteiger partial charge in [0.05, 0.1) is 42.5 Å². The number of ether oxygens (including phenoxy) is 1. The molecule has 8 heteroatoms. The maximum absolute atomic E-state index is 12.8. The number of hydrogen-bond donors (Lipinski definition) is 2. The number of carbonyl (C=O) groups excluding carboxylic acids is 2. The monoisotopic (exact) mass is 417 g/mol. The van der Waals surface area contributed by atoms with E-state index in [0.29, 0.717) is 35.7 Å². The first-order valence-electron chi connectivity index (χ1n) is 10.0. The highest BCUT2D eigenvalue weighted by atomic mass is 16.5. The number of pyridine rings is 2. The van der Waals surface area contributed by atoms with Crippen LogP contribution < -0.4 is 15.5 Å². The molecule has 8 nitrogen and oxygen atoms in total. The summed E-state index contributed by atoms with van der Waals surface area (Å²) in [6.45, 7) is 4.69. The van der Waals surface area contributed by atoms with Gasteiger partial charge in [0.1, 0.15) is 0 Å². The number of hydrogen-bond acceptors (Lipinski definition) is 6. The van der Waals surface area contributed by atoms with E-state index in [9.17, 15) is 9.59 Å². The Hall–Kier alpha value is -3.78. The summed E-state index contributed by atoms with van der Waals surface area (Å²) in [6.07, 6.45) is 6.49. The molecule has 0 bridgehead atoms. The maximum atomic E-state index is 12.8. The third-order valence-electron chi connectivity index (χ3n) is 5.02. The Morgan fingerprint density at radius 2 is 1.74 bits per heavy atom. The van der Waals surface area contributed by atoms with Crippen LogP contribution in [0.2, 0.25) is 0 Å². The molecule has 2 amide bonds. The maximum Gasteiger partial charge on any atom is 0.257 e. The van der Waals surface area contributed by atoms with Crippen molar-refractivity contribution in [3.05, 3.63) is 77.9 Å². The molecule has 31 heavy (non-hydrogen) atoms. The minimum atomic E-state index is -0.287. The van der Waals surface area contributed by atoms with Gasteiger partial charge in [-0.05, 0) is 42.8 Å². The molecule has 0 saturated carbocycles. The molecule has 1 aromatic carbocycles. The molecule has 3 heterocycles. The van der Waals surface area contributed by atoms with E-state index in [1.165, 1.54) is 6.20 Å². The van der Waals surface area contributed by atoms with E-state index in [2.05, 4.69) is 25.5 Å². The van der Waals surface area contributed by atoms with Gasteiger partial charge in [0.25, 0.3) is 11.8 Å². The van der Waals surface area contributed by atoms with Gasteiger partial charge in [0, 0.05) is 36.7 Å². The molecule has 4 rings (SSSR count). The Labute approximate surface area is 180 Å². The summed E-state index contributed by atoms with van der Waals surface area (Å²) in [5.74, 6) is -0.553. The summed E-state index contributed by atoms with van der Waals surface area (Å²) >= 11 is 0. The Morgan fingerprint density at radius 1 is 0.935 bits per heavy atom. The Balaban J connectivity index is 1.48. The van der Waals surface area contributed by atoms with E-state index in [-0.39, 0.29) is 11.8 Å². The standard InChI is InChI=1S/C23H23N5O3/c1-16-4-5-18(12-21(16)23(30)27-19-3-2-6-24-14-19)26-22(29)17-11-20(15-25-13-17)28-7-9-31-10-8-28/h2-6,11-15H,7-10H2,1H3,(H,26,29)(H,27,30). The van der Waals surface area contributed by atoms with E-state index in [0.717, 1.165) is 24.3 Å². The van der Waals surface area contributed by atoms with Crippen LogP contribution in [-0.4, -0.2) is 48.1 Å². The summed E-state index contributed by atoms with van der Waals surface area (Å²) in [4.78, 5) is 35.8. The number of carbonyl (C=O) groups is 2. The lowest BCUT2D eigenvalue weighted by atomic mass is 10.1. The molecule has 3 aromatic rings. The van der Waals surface area contributed by atoms with Crippen LogP contribution in [0.1, 0.15) is 26.3 Å². The highest BCUT2D eigenvalue weighted by molar-refractivity contribution is 6.08. The van der Waals surface area contributed by atoms with E-state index in [1.807, 2.05) is 13.0 Å². The highest BCUT2D eigenvalue weighted by Gasteiger charge is 2.16. The van der Waals surface area contributed by atoms with Crippen LogP contribution in [-0.2, 0) is 4.74 Å². The van der Waals surface area contributed by atoms with E-state index >= 15 is 0 Å². The zero-order chi connectivity index (χ0) is 21.6. The quantitative estimate of drug-likeness (QED) is 0.662. The topological polar surface area (TPSA) is 96.5 Å². The second kappa shape index (κ2) is 9.36. The number of amides is 2. The van der Waals surface area contributed by atoms with Crippen molar-refractivity contribution < 1.29 is 14.3 Å². The smallest absolute Gasteiger partial charge is 0.257 e. The second-order valence-electron chi connectivity index (χ2n) is 7.21. The molecule has 0 unspecified atom stereocenters. The molecule has 1 fully saturated rings. The predicted molar refractivity (Wildman–Crippen MR) is 119 cm³/mol. The van der Waals surface area contributed by atoms with Crippen molar-refractivity contribution in [3.63, 3.8) is 0 Å². The van der Waals surface area contributed by atoms with Crippen LogP contribution in [0.25, 0.3) is 0 Å². The lowest BCUT2D eigenvalue weighted by molar-refractivity contribution is 0.101. The summed E-state index contributed by atoms with van der Waals surface area (Å²) in [7, 11) is 0. The second-order valence-corrected chi connectivity index (χ2v) is 7.21. The predicted octanol–water partition coefficient (Wildman–Crippen LogP) is 3.13. The van der Waals surface area contributed by atoms with E-state index in [4.69, 9.17) is 4.74 Å². The molecule has 2 aromatic heterocycles. The molecule has 0 aliphatic carbocycles. The number of anilines is 3. The number of benzene rings is 1. The van der Waals surface area contributed by atoms with Crippen LogP contribution in [0, 0.1) is 6.92 Å². The molecule has 1 saturated heterocycles. The number of nitrogens with zero attached hydrogens (tertiary/aromatic N) is 3. The van der Waals surface area contributed by atoms with Crippen LogP contribution in [0.4, 0.5) is 17.1 Å². The Kier molecular flexibility index (Phi) is 6.18. The fourth-order valence-electron chi connectivity index (χ4n) is 3.33. The van der Waals surface area contributed by atoms with Crippen LogP contribution >= 0.6 is 0 Å². The Bertz CT molecular complexity index is 1080. The van der Waals surface area contributed by atoms with Gasteiger partial charge in [-0.3, -0.25) is 19.6 Å². The van der Waals surface area contributed by atoms with Gasteiger partial charge in [-0.2, -0.15) is 0 Å². The van der Waals surface area contributed by atoms with Gasteiger partial charge in [0.15, 0.2) is 0 Å². The normalized spacial score (nSPS) is 13.5. The molecule has 158 valence electrons. The van der Waals surface area contributed by atoms with Gasteiger partial charge in [-0.25, -0.2) is 0 Å². The molecule has 2 N–H and O–H groups in total.